The topological polar surface area (TPSA) is 95.6 Å². The highest BCUT2D eigenvalue weighted by Gasteiger charge is 2.42. The Kier molecular flexibility index (Phi) is 4.29. The van der Waals surface area contributed by atoms with E-state index < -0.39 is 5.82 Å². The van der Waals surface area contributed by atoms with Gasteiger partial charge in [-0.25, -0.2) is 14.4 Å². The van der Waals surface area contributed by atoms with Crippen LogP contribution in [0.15, 0.2) is 48.8 Å². The van der Waals surface area contributed by atoms with E-state index in [1.54, 1.807) is 12.3 Å². The molecule has 0 bridgehead atoms. The molecule has 0 aliphatic carbocycles. The zero-order valence-electron chi connectivity index (χ0n) is 17.3. The molecule has 0 saturated carbocycles. The van der Waals surface area contributed by atoms with Crippen molar-refractivity contribution in [1.82, 2.24) is 30.6 Å². The summed E-state index contributed by atoms with van der Waals surface area (Å²) in [7, 11) is 0. The maximum Gasteiger partial charge on any atom is 0.253 e. The van der Waals surface area contributed by atoms with E-state index in [-0.39, 0.29) is 17.0 Å². The van der Waals surface area contributed by atoms with Gasteiger partial charge in [-0.1, -0.05) is 18.2 Å². The van der Waals surface area contributed by atoms with Crippen molar-refractivity contribution in [3.63, 3.8) is 0 Å². The molecular weight excluding hydrogens is 407 g/mol. The lowest BCUT2D eigenvalue weighted by Crippen LogP contribution is -2.51. The number of aromatic nitrogens is 4. The quantitative estimate of drug-likeness (QED) is 0.456. The third-order valence-electron chi connectivity index (χ3n) is 6.59. The molecule has 2 aliphatic heterocycles. The fraction of sp³-hybridized carbons (Fsp3) is 0.250. The average molecular weight is 428 g/mol. The van der Waals surface area contributed by atoms with Gasteiger partial charge >= 0.3 is 0 Å². The Hall–Kier alpha value is -3.65. The van der Waals surface area contributed by atoms with Gasteiger partial charge < -0.3 is 15.6 Å². The van der Waals surface area contributed by atoms with Gasteiger partial charge in [-0.3, -0.25) is 9.78 Å². The van der Waals surface area contributed by atoms with Crippen molar-refractivity contribution in [2.45, 2.75) is 18.3 Å². The number of fused-ring (bicyclic) bond motifs is 3. The van der Waals surface area contributed by atoms with E-state index in [0.717, 1.165) is 42.5 Å². The molecule has 2 aliphatic rings. The fourth-order valence-corrected chi connectivity index (χ4v) is 4.83. The average Bonchev–Trinajstić information content (AvgIpc) is 3.30. The molecule has 1 aromatic carbocycles. The number of piperidine rings is 1. The van der Waals surface area contributed by atoms with E-state index in [1.807, 2.05) is 30.3 Å². The SMILES string of the molecule is O=C1NCC2(CCNCC2)c2[nH]c(-c3nc(-c4cnc5ccccc5c4)ncc3F)cc21. The molecule has 8 heteroatoms. The summed E-state index contributed by atoms with van der Waals surface area (Å²) in [5.74, 6) is -0.297. The van der Waals surface area contributed by atoms with Gasteiger partial charge in [-0.2, -0.15) is 0 Å². The number of carbonyl (C=O) groups excluding carboxylic acids is 1. The number of nitrogens with one attached hydrogen (secondary N) is 3. The van der Waals surface area contributed by atoms with Gasteiger partial charge in [0.05, 0.1) is 23.0 Å². The van der Waals surface area contributed by atoms with Crippen molar-refractivity contribution in [3.05, 3.63) is 65.9 Å². The highest BCUT2D eigenvalue weighted by molar-refractivity contribution is 5.98. The van der Waals surface area contributed by atoms with Crippen LogP contribution >= 0.6 is 0 Å². The van der Waals surface area contributed by atoms with Gasteiger partial charge in [0.1, 0.15) is 5.69 Å². The molecule has 4 aromatic rings. The van der Waals surface area contributed by atoms with Gasteiger partial charge in [-0.05, 0) is 44.1 Å². The summed E-state index contributed by atoms with van der Waals surface area (Å²) in [5, 5.41) is 7.34. The van der Waals surface area contributed by atoms with Crippen LogP contribution in [0.3, 0.4) is 0 Å². The number of para-hydroxylation sites is 1. The Morgan fingerprint density at radius 1 is 1.03 bits per heavy atom. The Bertz CT molecular complexity index is 1360. The summed E-state index contributed by atoms with van der Waals surface area (Å²) in [6.07, 6.45) is 4.67. The highest BCUT2D eigenvalue weighted by atomic mass is 19.1. The molecule has 0 atom stereocenters. The number of aromatic amines is 1. The van der Waals surface area contributed by atoms with E-state index in [4.69, 9.17) is 0 Å². The van der Waals surface area contributed by atoms with E-state index >= 15 is 0 Å². The van der Waals surface area contributed by atoms with Crippen LogP contribution < -0.4 is 10.6 Å². The molecule has 1 fully saturated rings. The monoisotopic (exact) mass is 428 g/mol. The summed E-state index contributed by atoms with van der Waals surface area (Å²) < 4.78 is 14.8. The first-order valence-corrected chi connectivity index (χ1v) is 10.7. The van der Waals surface area contributed by atoms with Crippen LogP contribution in [0.1, 0.15) is 28.9 Å². The van der Waals surface area contributed by atoms with Crippen molar-refractivity contribution in [3.8, 4) is 22.8 Å². The Labute approximate surface area is 183 Å². The maximum absolute atomic E-state index is 14.8. The third kappa shape index (κ3) is 2.98. The smallest absolute Gasteiger partial charge is 0.253 e. The van der Waals surface area contributed by atoms with Crippen molar-refractivity contribution in [2.75, 3.05) is 19.6 Å². The number of benzene rings is 1. The van der Waals surface area contributed by atoms with Gasteiger partial charge in [-0.15, -0.1) is 0 Å². The van der Waals surface area contributed by atoms with Crippen LogP contribution in [0.2, 0.25) is 0 Å². The molecule has 1 saturated heterocycles. The maximum atomic E-state index is 14.8. The summed E-state index contributed by atoms with van der Waals surface area (Å²) in [5.41, 5.74) is 3.49. The molecule has 160 valence electrons. The van der Waals surface area contributed by atoms with Crippen molar-refractivity contribution in [2.24, 2.45) is 0 Å². The van der Waals surface area contributed by atoms with Crippen LogP contribution in [0.25, 0.3) is 33.7 Å². The normalized spacial score (nSPS) is 17.3. The molecule has 0 radical (unpaired) electrons. The third-order valence-corrected chi connectivity index (χ3v) is 6.59. The number of halogens is 1. The second-order valence-corrected chi connectivity index (χ2v) is 8.49. The number of carbonyl (C=O) groups is 1. The highest BCUT2D eigenvalue weighted by Crippen LogP contribution is 2.39. The number of amides is 1. The molecule has 32 heavy (non-hydrogen) atoms. The minimum atomic E-state index is -0.541. The van der Waals surface area contributed by atoms with Crippen LogP contribution in [0.5, 0.6) is 0 Å². The summed E-state index contributed by atoms with van der Waals surface area (Å²) in [6.45, 7) is 2.34. The van der Waals surface area contributed by atoms with Gasteiger partial charge in [0.25, 0.3) is 5.91 Å². The second kappa shape index (κ2) is 7.20. The van der Waals surface area contributed by atoms with E-state index in [1.165, 1.54) is 6.20 Å². The lowest BCUT2D eigenvalue weighted by atomic mass is 9.73. The zero-order chi connectivity index (χ0) is 21.7. The minimum absolute atomic E-state index is 0.139. The Morgan fingerprint density at radius 3 is 2.75 bits per heavy atom. The molecule has 1 amide bonds. The molecule has 1 spiro atoms. The molecular formula is C24H21FN6O. The summed E-state index contributed by atoms with van der Waals surface area (Å²) >= 11 is 0. The molecule has 7 nitrogen and oxygen atoms in total. The number of hydrogen-bond donors (Lipinski definition) is 3. The lowest BCUT2D eigenvalue weighted by molar-refractivity contribution is 0.0913. The predicted octanol–water partition coefficient (Wildman–Crippen LogP) is 3.19. The molecule has 0 unspecified atom stereocenters. The van der Waals surface area contributed by atoms with Gasteiger partial charge in [0.15, 0.2) is 11.6 Å². The number of H-pyrrole nitrogens is 1. The lowest BCUT2D eigenvalue weighted by Gasteiger charge is -2.40. The fourth-order valence-electron chi connectivity index (χ4n) is 4.83. The largest absolute Gasteiger partial charge is 0.356 e. The van der Waals surface area contributed by atoms with E-state index in [2.05, 4.69) is 30.6 Å². The van der Waals surface area contributed by atoms with Gasteiger partial charge in [0, 0.05) is 34.8 Å². The summed E-state index contributed by atoms with van der Waals surface area (Å²) in [6, 6.07) is 11.4. The number of pyridine rings is 1. The first-order chi connectivity index (χ1) is 15.6. The zero-order valence-corrected chi connectivity index (χ0v) is 17.3. The number of nitrogens with zero attached hydrogens (tertiary/aromatic N) is 3. The Balaban J connectivity index is 1.45. The Morgan fingerprint density at radius 2 is 1.88 bits per heavy atom. The van der Waals surface area contributed by atoms with E-state index in [0.29, 0.717) is 29.2 Å². The molecule has 3 aromatic heterocycles. The summed E-state index contributed by atoms with van der Waals surface area (Å²) in [4.78, 5) is 29.1. The predicted molar refractivity (Wildman–Crippen MR) is 119 cm³/mol. The first kappa shape index (κ1) is 19.1. The standard InChI is InChI=1S/C24H21FN6O/c25-17-12-28-22(15-9-14-3-1-2-4-18(14)27-11-15)31-20(17)19-10-16-21(30-19)24(13-29-23(16)32)5-7-26-8-6-24/h1-4,9-12,26,30H,5-8,13H2,(H,29,32). The number of hydrogen-bond acceptors (Lipinski definition) is 5. The molecule has 5 heterocycles. The van der Waals surface area contributed by atoms with Crippen molar-refractivity contribution >= 4 is 16.8 Å². The van der Waals surface area contributed by atoms with Gasteiger partial charge in [0.2, 0.25) is 0 Å². The van der Waals surface area contributed by atoms with Crippen molar-refractivity contribution in [1.29, 1.82) is 0 Å². The molecule has 6 rings (SSSR count). The first-order valence-electron chi connectivity index (χ1n) is 10.7. The number of rotatable bonds is 2. The minimum Gasteiger partial charge on any atom is -0.356 e. The molecule has 3 N–H and O–H groups in total. The van der Waals surface area contributed by atoms with Crippen LogP contribution in [0, 0.1) is 5.82 Å². The van der Waals surface area contributed by atoms with Crippen LogP contribution in [0.4, 0.5) is 4.39 Å². The second-order valence-electron chi connectivity index (χ2n) is 8.49. The van der Waals surface area contributed by atoms with Crippen LogP contribution in [-0.2, 0) is 5.41 Å². The van der Waals surface area contributed by atoms with E-state index in [9.17, 15) is 9.18 Å². The van der Waals surface area contributed by atoms with Crippen molar-refractivity contribution < 1.29 is 9.18 Å². The van der Waals surface area contributed by atoms with Crippen LogP contribution in [-0.4, -0.2) is 45.5 Å².